The van der Waals surface area contributed by atoms with Gasteiger partial charge in [0.05, 0.1) is 35.9 Å². The van der Waals surface area contributed by atoms with Crippen LogP contribution < -0.4 is 5.32 Å². The zero-order chi connectivity index (χ0) is 32.2. The van der Waals surface area contributed by atoms with E-state index in [1.165, 1.54) is 24.4 Å². The minimum atomic E-state index is -4.11. The average molecular weight is 647 g/mol. The van der Waals surface area contributed by atoms with Gasteiger partial charge in [-0.3, -0.25) is 4.79 Å². The molecule has 3 saturated carbocycles. The zero-order valence-electron chi connectivity index (χ0n) is 25.8. The van der Waals surface area contributed by atoms with Gasteiger partial charge in [-0.2, -0.15) is 0 Å². The molecule has 1 N–H and O–H groups in total. The predicted octanol–water partition coefficient (Wildman–Crippen LogP) is 5.36. The molecular weight excluding hydrogens is 611 g/mol. The first kappa shape index (κ1) is 30.3. The highest BCUT2D eigenvalue weighted by molar-refractivity contribution is 7.90. The number of methoxy groups -OCH3 is 1. The molecule has 1 aromatic carbocycles. The van der Waals surface area contributed by atoms with Crippen molar-refractivity contribution in [2.45, 2.75) is 57.1 Å². The lowest BCUT2D eigenvalue weighted by molar-refractivity contribution is -0.154. The fraction of sp³-hybridized carbons (Fsp3) is 0.394. The SMILES string of the molecule is CCOC(=O)[C@H]1C2CCC(CC2)[C@@H]1Nc1nc(-c2cn(S(=O)(=O)c3ccc(C)cc3)c3ncc(F)cc23)nn2c(COC)ccc12. The van der Waals surface area contributed by atoms with Crippen molar-refractivity contribution in [2.75, 3.05) is 19.0 Å². The van der Waals surface area contributed by atoms with Crippen molar-refractivity contribution < 1.29 is 27.1 Å². The Bertz CT molecular complexity index is 2050. The maximum atomic E-state index is 14.7. The molecule has 2 atom stereocenters. The normalized spacial score (nSPS) is 21.2. The second-order valence-electron chi connectivity index (χ2n) is 12.1. The summed E-state index contributed by atoms with van der Waals surface area (Å²) in [6, 6.07) is 11.3. The van der Waals surface area contributed by atoms with Gasteiger partial charge in [0.2, 0.25) is 0 Å². The van der Waals surface area contributed by atoms with Gasteiger partial charge in [0, 0.05) is 30.3 Å². The Labute approximate surface area is 265 Å². The highest BCUT2D eigenvalue weighted by Gasteiger charge is 2.48. The van der Waals surface area contributed by atoms with Gasteiger partial charge < -0.3 is 14.8 Å². The first-order valence-electron chi connectivity index (χ1n) is 15.5. The van der Waals surface area contributed by atoms with E-state index in [1.54, 1.807) is 23.8 Å². The molecule has 0 saturated heterocycles. The monoisotopic (exact) mass is 646 g/mol. The highest BCUT2D eigenvalue weighted by Crippen LogP contribution is 2.47. The standard InChI is InChI=1S/C33H35FN6O5S/c1-4-45-33(41)28-20-7-9-21(10-8-20)29(28)36-31-27-14-11-23(18-44-3)40(27)38-30(37-31)26-17-39(32-25(26)15-22(34)16-35-32)46(42,43)24-12-5-19(2)6-13-24/h5-6,11-17,20-21,28-29H,4,7-10,18H2,1-3H3,(H,36,37,38)/t20?,21?,28-,29-/m0/s1. The number of anilines is 1. The van der Waals surface area contributed by atoms with E-state index in [-0.39, 0.29) is 63.7 Å². The lowest BCUT2D eigenvalue weighted by Gasteiger charge is -2.47. The van der Waals surface area contributed by atoms with Crippen LogP contribution in [0.25, 0.3) is 27.9 Å². The Morgan fingerprint density at radius 2 is 1.83 bits per heavy atom. The van der Waals surface area contributed by atoms with Crippen LogP contribution in [-0.4, -0.2) is 57.7 Å². The van der Waals surface area contributed by atoms with E-state index in [1.807, 2.05) is 26.0 Å². The molecule has 4 heterocycles. The number of carbonyl (C=O) groups is 1. The third kappa shape index (κ3) is 5.11. The number of halogens is 1. The lowest BCUT2D eigenvalue weighted by Crippen LogP contribution is -2.52. The number of carbonyl (C=O) groups excluding carboxylic acids is 1. The van der Waals surface area contributed by atoms with Crippen molar-refractivity contribution in [1.82, 2.24) is 23.6 Å². The molecule has 2 bridgehead atoms. The van der Waals surface area contributed by atoms with Crippen LogP contribution in [0.1, 0.15) is 43.9 Å². The molecule has 3 aliphatic carbocycles. The number of nitrogens with zero attached hydrogens (tertiary/aromatic N) is 5. The molecule has 0 unspecified atom stereocenters. The summed E-state index contributed by atoms with van der Waals surface area (Å²) in [5.74, 6) is -0.0475. The number of pyridine rings is 1. The second kappa shape index (κ2) is 11.8. The fourth-order valence-corrected chi connectivity index (χ4v) is 8.48. The number of fused-ring (bicyclic) bond motifs is 5. The molecule has 8 rings (SSSR count). The van der Waals surface area contributed by atoms with Crippen molar-refractivity contribution in [2.24, 2.45) is 17.8 Å². The number of hydrogen-bond donors (Lipinski definition) is 1. The molecule has 0 spiro atoms. The molecule has 0 radical (unpaired) electrons. The van der Waals surface area contributed by atoms with E-state index in [4.69, 9.17) is 19.6 Å². The second-order valence-corrected chi connectivity index (χ2v) is 14.0. The third-order valence-electron chi connectivity index (χ3n) is 9.36. The van der Waals surface area contributed by atoms with E-state index in [0.717, 1.165) is 47.1 Å². The highest BCUT2D eigenvalue weighted by atomic mass is 32.2. The van der Waals surface area contributed by atoms with Crippen LogP contribution >= 0.6 is 0 Å². The largest absolute Gasteiger partial charge is 0.466 e. The van der Waals surface area contributed by atoms with Crippen LogP contribution in [0.5, 0.6) is 0 Å². The van der Waals surface area contributed by atoms with Crippen molar-refractivity contribution in [3.8, 4) is 11.4 Å². The van der Waals surface area contributed by atoms with Crippen molar-refractivity contribution in [3.63, 3.8) is 0 Å². The Morgan fingerprint density at radius 1 is 1.09 bits per heavy atom. The van der Waals surface area contributed by atoms with E-state index >= 15 is 0 Å². The minimum absolute atomic E-state index is 0.0479. The van der Waals surface area contributed by atoms with E-state index in [0.29, 0.717) is 17.9 Å². The van der Waals surface area contributed by atoms with Crippen LogP contribution in [0, 0.1) is 30.5 Å². The van der Waals surface area contributed by atoms with Crippen LogP contribution in [0.3, 0.4) is 0 Å². The fourth-order valence-electron chi connectivity index (χ4n) is 7.16. The Hall–Kier alpha value is -4.36. The van der Waals surface area contributed by atoms with Gasteiger partial charge in [-0.15, -0.1) is 5.10 Å². The maximum absolute atomic E-state index is 14.7. The van der Waals surface area contributed by atoms with Crippen LogP contribution in [0.4, 0.5) is 10.2 Å². The summed E-state index contributed by atoms with van der Waals surface area (Å²) in [4.78, 5) is 22.4. The Balaban J connectivity index is 1.40. The molecule has 0 aliphatic heterocycles. The summed E-state index contributed by atoms with van der Waals surface area (Å²) in [7, 11) is -2.52. The van der Waals surface area contributed by atoms with Crippen molar-refractivity contribution in [1.29, 1.82) is 0 Å². The van der Waals surface area contributed by atoms with E-state index in [9.17, 15) is 17.6 Å². The summed E-state index contributed by atoms with van der Waals surface area (Å²) < 4.78 is 56.1. The number of hydrogen-bond acceptors (Lipinski definition) is 9. The number of aromatic nitrogens is 5. The predicted molar refractivity (Wildman–Crippen MR) is 169 cm³/mol. The van der Waals surface area contributed by atoms with Gasteiger partial charge in [0.15, 0.2) is 17.3 Å². The van der Waals surface area contributed by atoms with Crippen LogP contribution in [-0.2, 0) is 30.9 Å². The van der Waals surface area contributed by atoms with Gasteiger partial charge in [0.25, 0.3) is 10.0 Å². The molecular formula is C33H35FN6O5S. The Kier molecular flexibility index (Phi) is 7.76. The van der Waals surface area contributed by atoms with Crippen LogP contribution in [0.15, 0.2) is 59.8 Å². The number of benzene rings is 1. The Morgan fingerprint density at radius 3 is 2.54 bits per heavy atom. The molecule has 240 valence electrons. The van der Waals surface area contributed by atoms with Gasteiger partial charge in [-0.1, -0.05) is 17.7 Å². The van der Waals surface area contributed by atoms with Crippen molar-refractivity contribution >= 4 is 38.4 Å². The summed E-state index contributed by atoms with van der Waals surface area (Å²) in [5, 5.41) is 8.65. The van der Waals surface area contributed by atoms with Crippen LogP contribution in [0.2, 0.25) is 0 Å². The maximum Gasteiger partial charge on any atom is 0.311 e. The number of rotatable bonds is 9. The lowest BCUT2D eigenvalue weighted by atomic mass is 9.61. The minimum Gasteiger partial charge on any atom is -0.466 e. The first-order valence-corrected chi connectivity index (χ1v) is 16.9. The molecule has 3 aliphatic rings. The summed E-state index contributed by atoms with van der Waals surface area (Å²) in [5.41, 5.74) is 2.64. The first-order chi connectivity index (χ1) is 22.2. The van der Waals surface area contributed by atoms with E-state index in [2.05, 4.69) is 10.3 Å². The smallest absolute Gasteiger partial charge is 0.311 e. The van der Waals surface area contributed by atoms with Gasteiger partial charge >= 0.3 is 5.97 Å². The number of esters is 1. The van der Waals surface area contributed by atoms with Gasteiger partial charge in [-0.05, 0) is 81.7 Å². The van der Waals surface area contributed by atoms with Gasteiger partial charge in [0.1, 0.15) is 11.3 Å². The summed E-state index contributed by atoms with van der Waals surface area (Å²) in [6.07, 6.45) is 6.33. The molecule has 4 aromatic heterocycles. The number of aryl methyl sites for hydroxylation is 1. The molecule has 0 amide bonds. The third-order valence-corrected chi connectivity index (χ3v) is 11.0. The number of nitrogens with one attached hydrogen (secondary N) is 1. The van der Waals surface area contributed by atoms with Crippen molar-refractivity contribution in [3.05, 3.63) is 71.9 Å². The molecule has 3 fully saturated rings. The topological polar surface area (TPSA) is 130 Å². The number of ether oxygens (including phenoxy) is 2. The molecule has 46 heavy (non-hydrogen) atoms. The van der Waals surface area contributed by atoms with Gasteiger partial charge in [-0.25, -0.2) is 31.3 Å². The zero-order valence-corrected chi connectivity index (χ0v) is 26.6. The summed E-state index contributed by atoms with van der Waals surface area (Å²) in [6.45, 7) is 4.24. The molecule has 5 aromatic rings. The quantitative estimate of drug-likeness (QED) is 0.211. The van der Waals surface area contributed by atoms with E-state index < -0.39 is 15.8 Å². The average Bonchev–Trinajstić information content (AvgIpc) is 3.64. The summed E-state index contributed by atoms with van der Waals surface area (Å²) >= 11 is 0. The molecule has 13 heteroatoms. The molecule has 11 nitrogen and oxygen atoms in total.